The lowest BCUT2D eigenvalue weighted by molar-refractivity contribution is 0.0271. The first kappa shape index (κ1) is 21.5. The number of carbonyl (C=O) groups is 1. The largest absolute Gasteiger partial charge is 0.492 e. The SMILES string of the molecule is C=C(OCC)c1nc(Cl)c(F)c2c1c(C1C3CN(C(=O)OC(C)(C)C)C[C@@H]31)nn2C1CC1. The van der Waals surface area contributed by atoms with Gasteiger partial charge in [-0.2, -0.15) is 5.10 Å². The number of piperidine rings is 1. The van der Waals surface area contributed by atoms with Crippen molar-refractivity contribution in [3.05, 3.63) is 28.9 Å². The average molecular weight is 463 g/mol. The molecule has 1 amide bonds. The van der Waals surface area contributed by atoms with E-state index >= 15 is 4.39 Å². The van der Waals surface area contributed by atoms with E-state index in [0.29, 0.717) is 42.1 Å². The van der Waals surface area contributed by atoms with Crippen LogP contribution in [0.5, 0.6) is 0 Å². The van der Waals surface area contributed by atoms with Gasteiger partial charge in [0.1, 0.15) is 22.6 Å². The summed E-state index contributed by atoms with van der Waals surface area (Å²) >= 11 is 6.16. The Morgan fingerprint density at radius 1 is 1.28 bits per heavy atom. The number of likely N-dealkylation sites (tertiary alicyclic amines) is 1. The van der Waals surface area contributed by atoms with Gasteiger partial charge in [0.15, 0.2) is 11.0 Å². The van der Waals surface area contributed by atoms with Crippen molar-refractivity contribution in [1.29, 1.82) is 0 Å². The van der Waals surface area contributed by atoms with Crippen molar-refractivity contribution < 1.29 is 18.7 Å². The number of fused-ring (bicyclic) bond motifs is 2. The number of halogens is 2. The van der Waals surface area contributed by atoms with Gasteiger partial charge in [0.25, 0.3) is 0 Å². The second-order valence-corrected chi connectivity index (χ2v) is 10.3. The van der Waals surface area contributed by atoms with Crippen molar-refractivity contribution in [3.63, 3.8) is 0 Å². The minimum absolute atomic E-state index is 0.131. The number of nitrogens with zero attached hydrogens (tertiary/aromatic N) is 4. The van der Waals surface area contributed by atoms with Gasteiger partial charge in [0.05, 0.1) is 23.7 Å². The second kappa shape index (κ2) is 7.33. The molecule has 2 aromatic heterocycles. The third-order valence-corrected chi connectivity index (χ3v) is 6.66. The summed E-state index contributed by atoms with van der Waals surface area (Å²) in [6, 6.07) is 0.171. The van der Waals surface area contributed by atoms with Crippen LogP contribution in [0.1, 0.15) is 63.9 Å². The smallest absolute Gasteiger partial charge is 0.410 e. The summed E-state index contributed by atoms with van der Waals surface area (Å²) in [5.74, 6) is 0.464. The summed E-state index contributed by atoms with van der Waals surface area (Å²) in [6.07, 6.45) is 1.63. The Kier molecular flexibility index (Phi) is 4.93. The molecule has 2 aliphatic carbocycles. The molecule has 172 valence electrons. The molecule has 2 unspecified atom stereocenters. The van der Waals surface area contributed by atoms with E-state index in [2.05, 4.69) is 11.6 Å². The maximum atomic E-state index is 15.2. The molecule has 3 fully saturated rings. The summed E-state index contributed by atoms with van der Waals surface area (Å²) in [4.78, 5) is 18.5. The van der Waals surface area contributed by atoms with E-state index in [1.54, 1.807) is 9.58 Å². The Labute approximate surface area is 191 Å². The van der Waals surface area contributed by atoms with Gasteiger partial charge < -0.3 is 14.4 Å². The van der Waals surface area contributed by atoms with Crippen LogP contribution in [0.2, 0.25) is 5.15 Å². The molecule has 5 rings (SSSR count). The van der Waals surface area contributed by atoms with Crippen molar-refractivity contribution in [2.45, 2.75) is 58.1 Å². The van der Waals surface area contributed by atoms with E-state index < -0.39 is 11.4 Å². The lowest BCUT2D eigenvalue weighted by atomic mass is 10.1. The molecule has 1 aliphatic heterocycles. The molecule has 0 radical (unpaired) electrons. The normalized spacial score (nSPS) is 24.6. The number of pyridine rings is 1. The van der Waals surface area contributed by atoms with Crippen LogP contribution in [0.25, 0.3) is 16.7 Å². The van der Waals surface area contributed by atoms with Crippen LogP contribution < -0.4 is 0 Å². The number of amides is 1. The van der Waals surface area contributed by atoms with Gasteiger partial charge in [0.2, 0.25) is 0 Å². The van der Waals surface area contributed by atoms with E-state index in [9.17, 15) is 4.79 Å². The molecule has 2 saturated carbocycles. The fraction of sp³-hybridized carbons (Fsp3) is 0.609. The van der Waals surface area contributed by atoms with E-state index in [-0.39, 0.29) is 35.0 Å². The number of carbonyl (C=O) groups excluding carboxylic acids is 1. The van der Waals surface area contributed by atoms with Crippen LogP contribution >= 0.6 is 11.6 Å². The molecule has 1 saturated heterocycles. The zero-order valence-corrected chi connectivity index (χ0v) is 19.6. The molecule has 3 atom stereocenters. The molecule has 3 aliphatic rings. The number of aromatic nitrogens is 3. The Bertz CT molecular complexity index is 1110. The maximum Gasteiger partial charge on any atom is 0.410 e. The topological polar surface area (TPSA) is 69.5 Å². The molecule has 2 aromatic rings. The molecule has 0 bridgehead atoms. The van der Waals surface area contributed by atoms with Gasteiger partial charge in [-0.05, 0) is 52.4 Å². The molecule has 9 heteroatoms. The molecule has 0 aromatic carbocycles. The minimum Gasteiger partial charge on any atom is -0.492 e. The molecule has 7 nitrogen and oxygen atoms in total. The summed E-state index contributed by atoms with van der Waals surface area (Å²) in [6.45, 7) is 13.1. The van der Waals surface area contributed by atoms with E-state index in [1.807, 2.05) is 27.7 Å². The van der Waals surface area contributed by atoms with Crippen molar-refractivity contribution in [1.82, 2.24) is 19.7 Å². The quantitative estimate of drug-likeness (QED) is 0.454. The zero-order chi connectivity index (χ0) is 22.9. The number of hydrogen-bond donors (Lipinski definition) is 0. The fourth-order valence-electron chi connectivity index (χ4n) is 4.87. The first-order valence-corrected chi connectivity index (χ1v) is 11.6. The predicted molar refractivity (Wildman–Crippen MR) is 119 cm³/mol. The van der Waals surface area contributed by atoms with E-state index in [0.717, 1.165) is 18.5 Å². The summed E-state index contributed by atoms with van der Waals surface area (Å²) < 4.78 is 28.1. The van der Waals surface area contributed by atoms with Crippen LogP contribution in [0, 0.1) is 17.7 Å². The predicted octanol–water partition coefficient (Wildman–Crippen LogP) is 5.15. The molecular formula is C23H28ClFN4O3. The monoisotopic (exact) mass is 462 g/mol. The van der Waals surface area contributed by atoms with Gasteiger partial charge in [-0.1, -0.05) is 18.2 Å². The molecule has 0 spiro atoms. The van der Waals surface area contributed by atoms with E-state index in [4.69, 9.17) is 26.2 Å². The van der Waals surface area contributed by atoms with Crippen LogP contribution in [-0.2, 0) is 9.47 Å². The zero-order valence-electron chi connectivity index (χ0n) is 18.8. The standard InChI is InChI=1S/C23H28ClFN4O3/c1-6-31-11(2)18-16-19(27-29(12-7-8-12)20(16)17(25)21(24)26-18)15-13-9-28(10-14(13)15)22(30)32-23(3,4)5/h12-15H,2,6-10H2,1,3-5H3/t13-,14?,15?/m0/s1. The van der Waals surface area contributed by atoms with Crippen LogP contribution in [-0.4, -0.2) is 51.1 Å². The van der Waals surface area contributed by atoms with Gasteiger partial charge in [-0.15, -0.1) is 0 Å². The summed E-state index contributed by atoms with van der Waals surface area (Å²) in [5, 5.41) is 5.32. The summed E-state index contributed by atoms with van der Waals surface area (Å²) in [5.41, 5.74) is 1.11. The highest BCUT2D eigenvalue weighted by Crippen LogP contribution is 2.60. The van der Waals surface area contributed by atoms with Crippen molar-refractivity contribution >= 4 is 34.4 Å². The molecule has 3 heterocycles. The molecule has 32 heavy (non-hydrogen) atoms. The Hall–Kier alpha value is -2.35. The Morgan fingerprint density at radius 3 is 2.50 bits per heavy atom. The van der Waals surface area contributed by atoms with Crippen molar-refractivity contribution in [2.75, 3.05) is 19.7 Å². The first-order chi connectivity index (χ1) is 15.1. The number of rotatable bonds is 5. The van der Waals surface area contributed by atoms with E-state index in [1.165, 1.54) is 0 Å². The Morgan fingerprint density at radius 2 is 1.94 bits per heavy atom. The highest BCUT2D eigenvalue weighted by molar-refractivity contribution is 6.30. The van der Waals surface area contributed by atoms with Crippen molar-refractivity contribution in [2.24, 2.45) is 11.8 Å². The molecule has 0 N–H and O–H groups in total. The number of ether oxygens (including phenoxy) is 2. The Balaban J connectivity index is 1.50. The van der Waals surface area contributed by atoms with Gasteiger partial charge in [0, 0.05) is 19.0 Å². The summed E-state index contributed by atoms with van der Waals surface area (Å²) in [7, 11) is 0. The van der Waals surface area contributed by atoms with Crippen molar-refractivity contribution in [3.8, 4) is 0 Å². The second-order valence-electron chi connectivity index (χ2n) is 9.94. The highest BCUT2D eigenvalue weighted by atomic mass is 35.5. The number of hydrogen-bond acceptors (Lipinski definition) is 5. The third kappa shape index (κ3) is 3.52. The van der Waals surface area contributed by atoms with Gasteiger partial charge in [-0.25, -0.2) is 14.2 Å². The highest BCUT2D eigenvalue weighted by Gasteiger charge is 2.59. The average Bonchev–Trinajstić information content (AvgIpc) is 3.58. The minimum atomic E-state index is -0.554. The maximum absolute atomic E-state index is 15.2. The third-order valence-electron chi connectivity index (χ3n) is 6.41. The lowest BCUT2D eigenvalue weighted by Crippen LogP contribution is -2.36. The van der Waals surface area contributed by atoms with Gasteiger partial charge >= 0.3 is 6.09 Å². The van der Waals surface area contributed by atoms with Gasteiger partial charge in [-0.3, -0.25) is 4.68 Å². The molecular weight excluding hydrogens is 435 g/mol. The lowest BCUT2D eigenvalue weighted by Gasteiger charge is -2.25. The van der Waals surface area contributed by atoms with Crippen LogP contribution in [0.15, 0.2) is 6.58 Å². The fourth-order valence-corrected chi connectivity index (χ4v) is 5.04. The van der Waals surface area contributed by atoms with Crippen LogP contribution in [0.3, 0.4) is 0 Å². The van der Waals surface area contributed by atoms with Crippen LogP contribution in [0.4, 0.5) is 9.18 Å². The first-order valence-electron chi connectivity index (χ1n) is 11.2.